The van der Waals surface area contributed by atoms with Gasteiger partial charge in [0.1, 0.15) is 12.6 Å². The number of sulfonamides is 1. The topological polar surface area (TPSA) is 86.8 Å². The lowest BCUT2D eigenvalue weighted by Gasteiger charge is -2.34. The zero-order valence-corrected chi connectivity index (χ0v) is 26.6. The Hall–Kier alpha value is -4.43. The van der Waals surface area contributed by atoms with Crippen LogP contribution in [0.2, 0.25) is 0 Å². The quantitative estimate of drug-likeness (QED) is 0.204. The Balaban J connectivity index is 1.79. The minimum Gasteiger partial charge on any atom is -0.354 e. The molecule has 0 spiro atoms. The Bertz CT molecular complexity index is 1640. The Kier molecular flexibility index (Phi) is 11.0. The summed E-state index contributed by atoms with van der Waals surface area (Å²) in [5, 5.41) is 3.02. The Morgan fingerprint density at radius 3 is 1.98 bits per heavy atom. The molecule has 8 heteroatoms. The van der Waals surface area contributed by atoms with Gasteiger partial charge in [0.15, 0.2) is 0 Å². The van der Waals surface area contributed by atoms with E-state index in [2.05, 4.69) is 5.32 Å². The van der Waals surface area contributed by atoms with E-state index in [1.54, 1.807) is 30.3 Å². The average molecular weight is 612 g/mol. The maximum atomic E-state index is 14.5. The first kappa shape index (κ1) is 32.5. The summed E-state index contributed by atoms with van der Waals surface area (Å²) in [6, 6.07) is 31.5. The number of nitrogens with one attached hydrogen (secondary N) is 1. The number of hydrogen-bond acceptors (Lipinski definition) is 4. The number of carbonyl (C=O) groups is 2. The van der Waals surface area contributed by atoms with Crippen LogP contribution in [0.4, 0.5) is 5.69 Å². The summed E-state index contributed by atoms with van der Waals surface area (Å²) in [5.41, 5.74) is 4.07. The third-order valence-corrected chi connectivity index (χ3v) is 9.28. The van der Waals surface area contributed by atoms with Crippen molar-refractivity contribution in [3.05, 3.63) is 131 Å². The number of amides is 2. The van der Waals surface area contributed by atoms with Crippen molar-refractivity contribution < 1.29 is 18.0 Å². The molecule has 230 valence electrons. The minimum absolute atomic E-state index is 0.0781. The average Bonchev–Trinajstić information content (AvgIpc) is 3.02. The standard InChI is InChI=1S/C36H41N3O4S/c1-27(2)24-37-36(41)34(23-30-14-7-5-8-15-30)38(25-31-16-12-11-13-29(31)4)35(40)26-39(32-21-19-28(3)20-22-32)44(42,43)33-17-9-6-10-18-33/h5-22,27,34H,23-26H2,1-4H3,(H,37,41). The van der Waals surface area contributed by atoms with Crippen molar-refractivity contribution in [1.29, 1.82) is 0 Å². The highest BCUT2D eigenvalue weighted by Crippen LogP contribution is 2.25. The van der Waals surface area contributed by atoms with E-state index in [4.69, 9.17) is 0 Å². The van der Waals surface area contributed by atoms with Gasteiger partial charge in [0, 0.05) is 19.5 Å². The molecule has 7 nitrogen and oxygen atoms in total. The number of aryl methyl sites for hydroxylation is 2. The molecule has 4 aromatic carbocycles. The van der Waals surface area contributed by atoms with Gasteiger partial charge < -0.3 is 10.2 Å². The van der Waals surface area contributed by atoms with Crippen LogP contribution in [0.1, 0.15) is 36.1 Å². The van der Waals surface area contributed by atoms with Crippen molar-refractivity contribution in [2.24, 2.45) is 5.92 Å². The van der Waals surface area contributed by atoms with E-state index in [0.29, 0.717) is 12.2 Å². The highest BCUT2D eigenvalue weighted by atomic mass is 32.2. The number of benzene rings is 4. The van der Waals surface area contributed by atoms with Gasteiger partial charge in [-0.25, -0.2) is 8.42 Å². The van der Waals surface area contributed by atoms with Crippen molar-refractivity contribution in [3.8, 4) is 0 Å². The fraction of sp³-hybridized carbons (Fsp3) is 0.278. The third kappa shape index (κ3) is 8.35. The molecule has 1 N–H and O–H groups in total. The number of rotatable bonds is 13. The predicted molar refractivity (Wildman–Crippen MR) is 176 cm³/mol. The van der Waals surface area contributed by atoms with Gasteiger partial charge in [-0.3, -0.25) is 13.9 Å². The summed E-state index contributed by atoms with van der Waals surface area (Å²) in [6.45, 7) is 8.02. The lowest BCUT2D eigenvalue weighted by atomic mass is 10.0. The minimum atomic E-state index is -4.12. The molecular formula is C36H41N3O4S. The lowest BCUT2D eigenvalue weighted by Crippen LogP contribution is -2.53. The van der Waals surface area contributed by atoms with E-state index < -0.39 is 28.5 Å². The van der Waals surface area contributed by atoms with Crippen LogP contribution in [0, 0.1) is 19.8 Å². The molecule has 2 amide bonds. The molecule has 0 heterocycles. The molecule has 0 radical (unpaired) electrons. The second-order valence-corrected chi connectivity index (χ2v) is 13.3. The van der Waals surface area contributed by atoms with Crippen LogP contribution in [-0.2, 0) is 32.6 Å². The van der Waals surface area contributed by atoms with E-state index in [1.165, 1.54) is 17.0 Å². The van der Waals surface area contributed by atoms with Crippen LogP contribution in [0.3, 0.4) is 0 Å². The summed E-state index contributed by atoms with van der Waals surface area (Å²) in [7, 11) is -4.12. The maximum Gasteiger partial charge on any atom is 0.264 e. The molecule has 0 saturated carbocycles. The number of hydrogen-bond donors (Lipinski definition) is 1. The van der Waals surface area contributed by atoms with Gasteiger partial charge in [-0.1, -0.05) is 104 Å². The molecule has 0 aliphatic rings. The molecule has 0 aromatic heterocycles. The van der Waals surface area contributed by atoms with E-state index in [9.17, 15) is 18.0 Å². The van der Waals surface area contributed by atoms with Crippen molar-refractivity contribution >= 4 is 27.5 Å². The first-order valence-corrected chi connectivity index (χ1v) is 16.3. The SMILES string of the molecule is Cc1ccc(N(CC(=O)N(Cc2ccccc2C)C(Cc2ccccc2)C(=O)NCC(C)C)S(=O)(=O)c2ccccc2)cc1. The molecule has 0 saturated heterocycles. The highest BCUT2D eigenvalue weighted by Gasteiger charge is 2.34. The summed E-state index contributed by atoms with van der Waals surface area (Å²) >= 11 is 0. The highest BCUT2D eigenvalue weighted by molar-refractivity contribution is 7.92. The number of nitrogens with zero attached hydrogens (tertiary/aromatic N) is 2. The van der Waals surface area contributed by atoms with Crippen LogP contribution < -0.4 is 9.62 Å². The Morgan fingerprint density at radius 2 is 1.36 bits per heavy atom. The van der Waals surface area contributed by atoms with E-state index in [0.717, 1.165) is 26.6 Å². The summed E-state index contributed by atoms with van der Waals surface area (Å²) < 4.78 is 29.2. The smallest absolute Gasteiger partial charge is 0.264 e. The van der Waals surface area contributed by atoms with Crippen LogP contribution in [-0.4, -0.2) is 44.3 Å². The number of carbonyl (C=O) groups excluding carboxylic acids is 2. The van der Waals surface area contributed by atoms with Gasteiger partial charge in [0.25, 0.3) is 10.0 Å². The zero-order valence-electron chi connectivity index (χ0n) is 25.8. The normalized spacial score (nSPS) is 12.0. The first-order chi connectivity index (χ1) is 21.1. The Labute approximate surface area is 261 Å². The first-order valence-electron chi connectivity index (χ1n) is 14.9. The molecule has 44 heavy (non-hydrogen) atoms. The van der Waals surface area contributed by atoms with Crippen LogP contribution in [0.5, 0.6) is 0 Å². The number of anilines is 1. The molecule has 1 atom stereocenters. The molecule has 4 rings (SSSR count). The van der Waals surface area contributed by atoms with Crippen LogP contribution in [0.25, 0.3) is 0 Å². The third-order valence-electron chi connectivity index (χ3n) is 7.49. The van der Waals surface area contributed by atoms with Crippen molar-refractivity contribution in [1.82, 2.24) is 10.2 Å². The van der Waals surface area contributed by atoms with Crippen molar-refractivity contribution in [2.75, 3.05) is 17.4 Å². The van der Waals surface area contributed by atoms with Gasteiger partial charge in [-0.15, -0.1) is 0 Å². The second kappa shape index (κ2) is 14.8. The molecular weight excluding hydrogens is 570 g/mol. The van der Waals surface area contributed by atoms with Crippen LogP contribution in [0.15, 0.2) is 114 Å². The summed E-state index contributed by atoms with van der Waals surface area (Å²) in [6.07, 6.45) is 0.276. The zero-order chi connectivity index (χ0) is 31.7. The monoisotopic (exact) mass is 611 g/mol. The lowest BCUT2D eigenvalue weighted by molar-refractivity contribution is -0.140. The van der Waals surface area contributed by atoms with Crippen molar-refractivity contribution in [3.63, 3.8) is 0 Å². The van der Waals surface area contributed by atoms with Crippen molar-refractivity contribution in [2.45, 2.75) is 51.6 Å². The molecule has 1 unspecified atom stereocenters. The fourth-order valence-electron chi connectivity index (χ4n) is 4.91. The fourth-order valence-corrected chi connectivity index (χ4v) is 6.34. The van der Waals surface area contributed by atoms with E-state index in [1.807, 2.05) is 94.4 Å². The summed E-state index contributed by atoms with van der Waals surface area (Å²) in [4.78, 5) is 30.0. The van der Waals surface area contributed by atoms with Gasteiger partial charge in [-0.2, -0.15) is 0 Å². The van der Waals surface area contributed by atoms with E-state index in [-0.39, 0.29) is 29.7 Å². The Morgan fingerprint density at radius 1 is 0.773 bits per heavy atom. The van der Waals surface area contributed by atoms with Gasteiger partial charge >= 0.3 is 0 Å². The van der Waals surface area contributed by atoms with Crippen LogP contribution >= 0.6 is 0 Å². The molecule has 0 bridgehead atoms. The van der Waals surface area contributed by atoms with Gasteiger partial charge in [-0.05, 0) is 60.7 Å². The molecule has 0 fully saturated rings. The molecule has 0 aliphatic carbocycles. The van der Waals surface area contributed by atoms with Gasteiger partial charge in [0.2, 0.25) is 11.8 Å². The molecule has 4 aromatic rings. The summed E-state index contributed by atoms with van der Waals surface area (Å²) in [5.74, 6) is -0.545. The predicted octanol–water partition coefficient (Wildman–Crippen LogP) is 5.91. The van der Waals surface area contributed by atoms with E-state index >= 15 is 0 Å². The molecule has 0 aliphatic heterocycles. The second-order valence-electron chi connectivity index (χ2n) is 11.5. The largest absolute Gasteiger partial charge is 0.354 e. The van der Waals surface area contributed by atoms with Gasteiger partial charge in [0.05, 0.1) is 10.6 Å². The maximum absolute atomic E-state index is 14.5.